The number of hydrogen-bond donors (Lipinski definition) is 0. The van der Waals surface area contributed by atoms with Crippen LogP contribution in [0.2, 0.25) is 5.02 Å². The molecule has 2 nitrogen and oxygen atoms in total. The molecule has 1 aliphatic rings. The quantitative estimate of drug-likeness (QED) is 0.485. The number of carbonyl (C=O) groups is 1. The smallest absolute Gasteiger partial charge is 0.270 e. The zero-order chi connectivity index (χ0) is 17.7. The van der Waals surface area contributed by atoms with Crippen molar-refractivity contribution in [3.05, 3.63) is 63.5 Å². The van der Waals surface area contributed by atoms with Crippen molar-refractivity contribution in [3.63, 3.8) is 0 Å². The standard InChI is InChI=1S/C21H20ClNOS/c1-12-7-6-9-15-13(2)11-14(3)23(19(12)15)21(24)20-18(22)16-8-4-5-10-17(16)25-20/h4-10,13-14H,11H2,1-3H3/t13-,14+/m0/s1. The third kappa shape index (κ3) is 2.57. The van der Waals surface area contributed by atoms with Crippen molar-refractivity contribution in [2.75, 3.05) is 4.90 Å². The lowest BCUT2D eigenvalue weighted by molar-refractivity contribution is 0.0978. The topological polar surface area (TPSA) is 20.3 Å². The Balaban J connectivity index is 1.87. The molecule has 3 aromatic rings. The number of amides is 1. The predicted molar refractivity (Wildman–Crippen MR) is 107 cm³/mol. The minimum Gasteiger partial charge on any atom is -0.304 e. The van der Waals surface area contributed by atoms with Gasteiger partial charge in [-0.1, -0.05) is 54.9 Å². The van der Waals surface area contributed by atoms with Gasteiger partial charge in [0, 0.05) is 16.1 Å². The number of fused-ring (bicyclic) bond motifs is 2. The van der Waals surface area contributed by atoms with Crippen LogP contribution in [0.25, 0.3) is 10.1 Å². The second kappa shape index (κ2) is 6.15. The predicted octanol–water partition coefficient (Wildman–Crippen LogP) is 6.41. The monoisotopic (exact) mass is 369 g/mol. The first-order chi connectivity index (χ1) is 12.0. The van der Waals surface area contributed by atoms with Gasteiger partial charge in [0.05, 0.1) is 10.7 Å². The molecule has 2 heterocycles. The summed E-state index contributed by atoms with van der Waals surface area (Å²) in [5.74, 6) is 0.466. The van der Waals surface area contributed by atoms with Crippen molar-refractivity contribution in [2.45, 2.75) is 39.2 Å². The van der Waals surface area contributed by atoms with E-state index in [-0.39, 0.29) is 11.9 Å². The molecule has 2 aromatic carbocycles. The van der Waals surface area contributed by atoms with Gasteiger partial charge in [0.2, 0.25) is 0 Å². The molecule has 0 spiro atoms. The van der Waals surface area contributed by atoms with Gasteiger partial charge >= 0.3 is 0 Å². The fourth-order valence-electron chi connectivity index (χ4n) is 3.94. The van der Waals surface area contributed by atoms with E-state index in [4.69, 9.17) is 11.6 Å². The zero-order valence-electron chi connectivity index (χ0n) is 14.5. The molecule has 0 radical (unpaired) electrons. The first kappa shape index (κ1) is 16.6. The van der Waals surface area contributed by atoms with Crippen LogP contribution >= 0.6 is 22.9 Å². The Labute approximate surface area is 157 Å². The lowest BCUT2D eigenvalue weighted by atomic mass is 9.85. The highest BCUT2D eigenvalue weighted by atomic mass is 35.5. The summed E-state index contributed by atoms with van der Waals surface area (Å²) >= 11 is 8.06. The minimum absolute atomic E-state index is 0.0150. The molecule has 4 rings (SSSR count). The molecule has 0 saturated heterocycles. The maximum atomic E-state index is 13.5. The summed E-state index contributed by atoms with van der Waals surface area (Å²) in [7, 11) is 0. The zero-order valence-corrected chi connectivity index (χ0v) is 16.1. The van der Waals surface area contributed by atoms with Crippen LogP contribution in [-0.2, 0) is 0 Å². The number of anilines is 1. The lowest BCUT2D eigenvalue weighted by Gasteiger charge is -2.39. The maximum absolute atomic E-state index is 13.5. The molecular formula is C21H20ClNOS. The van der Waals surface area contributed by atoms with Crippen LogP contribution in [0.5, 0.6) is 0 Å². The van der Waals surface area contributed by atoms with Gasteiger partial charge in [-0.2, -0.15) is 0 Å². The Morgan fingerprint density at radius 2 is 1.92 bits per heavy atom. The van der Waals surface area contributed by atoms with Gasteiger partial charge < -0.3 is 4.90 Å². The van der Waals surface area contributed by atoms with E-state index in [9.17, 15) is 4.79 Å². The van der Waals surface area contributed by atoms with Crippen LogP contribution in [0, 0.1) is 6.92 Å². The highest BCUT2D eigenvalue weighted by Crippen LogP contribution is 2.43. The van der Waals surface area contributed by atoms with Gasteiger partial charge in [-0.25, -0.2) is 0 Å². The van der Waals surface area contributed by atoms with Gasteiger partial charge in [-0.15, -0.1) is 11.3 Å². The van der Waals surface area contributed by atoms with E-state index >= 15 is 0 Å². The van der Waals surface area contributed by atoms with E-state index in [2.05, 4.69) is 39.0 Å². The van der Waals surface area contributed by atoms with E-state index in [0.29, 0.717) is 15.8 Å². The fourth-order valence-corrected chi connectivity index (χ4v) is 5.38. The van der Waals surface area contributed by atoms with E-state index in [1.54, 1.807) is 0 Å². The SMILES string of the molecule is Cc1cccc2c1N(C(=O)c1sc3ccccc3c1Cl)[C@H](C)C[C@@H]2C. The summed E-state index contributed by atoms with van der Waals surface area (Å²) < 4.78 is 1.05. The molecule has 0 unspecified atom stereocenters. The largest absolute Gasteiger partial charge is 0.304 e. The summed E-state index contributed by atoms with van der Waals surface area (Å²) in [6, 6.07) is 14.4. The third-order valence-electron chi connectivity index (χ3n) is 5.12. The highest BCUT2D eigenvalue weighted by Gasteiger charge is 2.35. The number of benzene rings is 2. The molecule has 25 heavy (non-hydrogen) atoms. The normalized spacial score (nSPS) is 19.9. The molecule has 4 heteroatoms. The van der Waals surface area contributed by atoms with Crippen molar-refractivity contribution in [3.8, 4) is 0 Å². The van der Waals surface area contributed by atoms with E-state index in [0.717, 1.165) is 27.8 Å². The van der Waals surface area contributed by atoms with Crippen molar-refractivity contribution in [1.29, 1.82) is 0 Å². The van der Waals surface area contributed by atoms with E-state index in [1.165, 1.54) is 16.9 Å². The Morgan fingerprint density at radius 3 is 2.68 bits per heavy atom. The number of nitrogens with zero attached hydrogens (tertiary/aromatic N) is 1. The first-order valence-corrected chi connectivity index (χ1v) is 9.78. The van der Waals surface area contributed by atoms with Crippen LogP contribution < -0.4 is 4.90 Å². The molecule has 0 bridgehead atoms. The van der Waals surface area contributed by atoms with Gasteiger partial charge in [0.1, 0.15) is 4.88 Å². The Hall–Kier alpha value is -1.84. The molecule has 0 saturated carbocycles. The number of rotatable bonds is 1. The summed E-state index contributed by atoms with van der Waals surface area (Å²) in [6.07, 6.45) is 0.963. The minimum atomic E-state index is 0.0150. The van der Waals surface area contributed by atoms with E-state index < -0.39 is 0 Å². The molecule has 0 aliphatic carbocycles. The maximum Gasteiger partial charge on any atom is 0.270 e. The van der Waals surface area contributed by atoms with Crippen LogP contribution in [0.15, 0.2) is 42.5 Å². The lowest BCUT2D eigenvalue weighted by Crippen LogP contribution is -2.43. The van der Waals surface area contributed by atoms with Crippen molar-refractivity contribution < 1.29 is 4.79 Å². The van der Waals surface area contributed by atoms with Crippen molar-refractivity contribution in [2.24, 2.45) is 0 Å². The van der Waals surface area contributed by atoms with Crippen LogP contribution in [0.3, 0.4) is 0 Å². The molecule has 128 valence electrons. The number of halogens is 1. The van der Waals surface area contributed by atoms with Gasteiger partial charge in [0.25, 0.3) is 5.91 Å². The van der Waals surface area contributed by atoms with Gasteiger partial charge in [-0.3, -0.25) is 4.79 Å². The molecule has 1 aliphatic heterocycles. The molecule has 1 aromatic heterocycles. The van der Waals surface area contributed by atoms with Crippen LogP contribution in [0.4, 0.5) is 5.69 Å². The van der Waals surface area contributed by atoms with Crippen molar-refractivity contribution in [1.82, 2.24) is 0 Å². The summed E-state index contributed by atoms with van der Waals surface area (Å²) in [4.78, 5) is 16.1. The second-order valence-electron chi connectivity index (χ2n) is 6.91. The second-order valence-corrected chi connectivity index (χ2v) is 8.35. The molecule has 2 atom stereocenters. The van der Waals surface area contributed by atoms with Crippen LogP contribution in [0.1, 0.15) is 47.0 Å². The average molecular weight is 370 g/mol. The average Bonchev–Trinajstić information content (AvgIpc) is 2.93. The summed E-state index contributed by atoms with van der Waals surface area (Å²) in [6.45, 7) is 6.45. The van der Waals surface area contributed by atoms with Gasteiger partial charge in [-0.05, 0) is 43.4 Å². The Morgan fingerprint density at radius 1 is 1.16 bits per heavy atom. The molecule has 0 fully saturated rings. The number of carbonyl (C=O) groups excluding carboxylic acids is 1. The highest BCUT2D eigenvalue weighted by molar-refractivity contribution is 7.21. The van der Waals surface area contributed by atoms with Crippen LogP contribution in [-0.4, -0.2) is 11.9 Å². The summed E-state index contributed by atoms with van der Waals surface area (Å²) in [5, 5.41) is 1.53. The molecule has 1 amide bonds. The Kier molecular flexibility index (Phi) is 4.09. The number of para-hydroxylation sites is 1. The fraction of sp³-hybridized carbons (Fsp3) is 0.286. The van der Waals surface area contributed by atoms with Crippen molar-refractivity contribution >= 4 is 44.6 Å². The third-order valence-corrected chi connectivity index (χ3v) is 6.79. The molecular weight excluding hydrogens is 350 g/mol. The number of aryl methyl sites for hydroxylation is 1. The Bertz CT molecular complexity index is 977. The van der Waals surface area contributed by atoms with Gasteiger partial charge in [0.15, 0.2) is 0 Å². The number of hydrogen-bond acceptors (Lipinski definition) is 2. The number of thiophene rings is 1. The first-order valence-electron chi connectivity index (χ1n) is 8.59. The van der Waals surface area contributed by atoms with E-state index in [1.807, 2.05) is 29.2 Å². The molecule has 0 N–H and O–H groups in total. The summed E-state index contributed by atoms with van der Waals surface area (Å²) in [5.41, 5.74) is 3.46.